The van der Waals surface area contributed by atoms with E-state index in [1.807, 2.05) is 4.90 Å². The first kappa shape index (κ1) is 12.2. The van der Waals surface area contributed by atoms with Crippen LogP contribution in [0.5, 0.6) is 0 Å². The average molecular weight is 243 g/mol. The van der Waals surface area contributed by atoms with Crippen LogP contribution in [0.25, 0.3) is 0 Å². The largest absolute Gasteiger partial charge is 0.343 e. The lowest BCUT2D eigenvalue weighted by Gasteiger charge is -2.33. The van der Waals surface area contributed by atoms with Gasteiger partial charge < -0.3 is 15.5 Å². The van der Waals surface area contributed by atoms with Gasteiger partial charge in [-0.15, -0.1) is 0 Å². The summed E-state index contributed by atoms with van der Waals surface area (Å²) < 4.78 is 0. The van der Waals surface area contributed by atoms with Gasteiger partial charge in [0.25, 0.3) is 0 Å². The number of piperidine rings is 1. The molecule has 0 atom stereocenters. The molecule has 2 aliphatic rings. The minimum atomic E-state index is -0.0454. The van der Waals surface area contributed by atoms with Gasteiger partial charge in [0, 0.05) is 35.0 Å². The van der Waals surface area contributed by atoms with Gasteiger partial charge in [0.2, 0.25) is 5.91 Å². The Kier molecular flexibility index (Phi) is 3.86. The Labute approximate surface area is 105 Å². The zero-order chi connectivity index (χ0) is 12.3. The second kappa shape index (κ2) is 5.38. The maximum absolute atomic E-state index is 11.6. The maximum atomic E-state index is 11.6. The van der Waals surface area contributed by atoms with Crippen molar-refractivity contribution in [1.29, 1.82) is 0 Å². The molecule has 0 bridgehead atoms. The number of nitrogens with one attached hydrogen (secondary N) is 2. The predicted octanol–water partition coefficient (Wildman–Crippen LogP) is 1.34. The molecule has 5 nitrogen and oxygen atoms in total. The molecule has 1 heterocycles. The molecule has 17 heavy (non-hydrogen) atoms. The first-order valence-electron chi connectivity index (χ1n) is 6.47. The smallest absolute Gasteiger partial charge is 0.315 e. The summed E-state index contributed by atoms with van der Waals surface area (Å²) >= 11 is 0. The lowest BCUT2D eigenvalue weighted by molar-refractivity contribution is -0.129. The molecule has 0 aromatic rings. The summed E-state index contributed by atoms with van der Waals surface area (Å²) in [5, 5.41) is 5.96. The van der Waals surface area contributed by atoms with E-state index in [2.05, 4.69) is 10.6 Å². The van der Waals surface area contributed by atoms with Gasteiger partial charge in [0.1, 0.15) is 0 Å². The van der Waals surface area contributed by atoms with Gasteiger partial charge in [-0.2, -0.15) is 0 Å². The zero-order valence-electron chi connectivity index (χ0n) is 10.4. The van der Waals surface area contributed by atoms with Crippen molar-refractivity contribution in [3.63, 3.8) is 0 Å². The Morgan fingerprint density at radius 2 is 1.59 bits per heavy atom. The van der Waals surface area contributed by atoms with Crippen molar-refractivity contribution in [1.82, 2.24) is 15.5 Å². The van der Waals surface area contributed by atoms with Gasteiger partial charge in [-0.25, -0.2) is 4.79 Å². The molecule has 1 saturated heterocycles. The third-order valence-electron chi connectivity index (χ3n) is 3.72. The van der Waals surface area contributed by atoms with Crippen LogP contribution in [0, 0.1) is 0 Å². The number of hydrogen-bond acceptors (Lipinski definition) is 2. The molecule has 2 N–H and O–H groups in total. The van der Waals surface area contributed by atoms with E-state index in [1.54, 1.807) is 6.92 Å². The molecule has 5 heteroatoms. The van der Waals surface area contributed by atoms with Gasteiger partial charge in [-0.05, 0) is 32.1 Å². The average Bonchev–Trinajstić information content (AvgIpc) is 2.24. The van der Waals surface area contributed by atoms with Crippen LogP contribution in [0.3, 0.4) is 0 Å². The van der Waals surface area contributed by atoms with E-state index in [0.29, 0.717) is 6.04 Å². The fourth-order valence-electron chi connectivity index (χ4n) is 2.30. The monoisotopic (exact) mass is 243 g/mol. The van der Waals surface area contributed by atoms with Crippen molar-refractivity contribution in [2.45, 2.75) is 51.1 Å². The Morgan fingerprint density at radius 1 is 1.06 bits per heavy atom. The molecule has 0 unspecified atom stereocenters. The van der Waals surface area contributed by atoms with Crippen molar-refractivity contribution in [2.75, 3.05) is 13.1 Å². The lowest BCUT2D eigenvalue weighted by atomic mass is 9.93. The molecular weight excluding hydrogens is 218 g/mol. The molecule has 1 saturated carbocycles. The summed E-state index contributed by atoms with van der Waals surface area (Å²) in [6.45, 7) is 3.10. The fraction of sp³-hybridized carbons (Fsp3) is 0.833. The van der Waals surface area contributed by atoms with Gasteiger partial charge in [0.05, 0.1) is 0 Å². The summed E-state index contributed by atoms with van der Waals surface area (Å²) in [4.78, 5) is 24.6. The molecule has 3 amide bonds. The summed E-state index contributed by atoms with van der Waals surface area (Å²) in [7, 11) is 0. The van der Waals surface area contributed by atoms with Crippen molar-refractivity contribution in [2.24, 2.45) is 0 Å². The highest BCUT2D eigenvalue weighted by Gasteiger charge is 2.24. The summed E-state index contributed by atoms with van der Waals surface area (Å²) in [6.07, 6.45) is 5.16. The minimum Gasteiger partial charge on any atom is -0.343 e. The highest BCUT2D eigenvalue weighted by Crippen LogP contribution is 2.18. The predicted molar refractivity (Wildman–Crippen MR) is 68.8 cm³/mol. The third-order valence-corrected chi connectivity index (χ3v) is 3.72. The van der Waals surface area contributed by atoms with E-state index in [9.17, 15) is 9.59 Å². The highest BCUT2D eigenvalue weighted by atomic mass is 16.2. The van der Waals surface area contributed by atoms with E-state index in [4.69, 9.17) is 0 Å². The zero-order valence-corrected chi connectivity index (χ0v) is 10.4. The van der Waals surface area contributed by atoms with Crippen LogP contribution in [0.2, 0.25) is 0 Å². The van der Waals surface area contributed by atoms with E-state index in [1.165, 1.54) is 6.42 Å². The van der Waals surface area contributed by atoms with Crippen LogP contribution in [-0.2, 0) is 4.79 Å². The first-order valence-corrected chi connectivity index (χ1v) is 6.47. The molecule has 0 aromatic carbocycles. The number of amides is 3. The SMILES string of the molecule is CC(=O)N1CCC(NC(=O)NC2CCC2)CC1.[HH].[HH]. The maximum Gasteiger partial charge on any atom is 0.315 e. The van der Waals surface area contributed by atoms with Crippen LogP contribution in [-0.4, -0.2) is 42.0 Å². The van der Waals surface area contributed by atoms with Gasteiger partial charge in [-0.3, -0.25) is 4.79 Å². The van der Waals surface area contributed by atoms with E-state index >= 15 is 0 Å². The molecule has 100 valence electrons. The van der Waals surface area contributed by atoms with Gasteiger partial charge in [0.15, 0.2) is 0 Å². The highest BCUT2D eigenvalue weighted by molar-refractivity contribution is 5.75. The third kappa shape index (κ3) is 3.35. The van der Waals surface area contributed by atoms with Crippen molar-refractivity contribution in [3.8, 4) is 0 Å². The second-order valence-corrected chi connectivity index (χ2v) is 5.03. The van der Waals surface area contributed by atoms with Crippen LogP contribution in [0.15, 0.2) is 0 Å². The number of urea groups is 1. The molecule has 1 aliphatic carbocycles. The Balaban J connectivity index is 0.00000162. The molecule has 0 spiro atoms. The van der Waals surface area contributed by atoms with Crippen LogP contribution in [0.1, 0.15) is 41.9 Å². The fourth-order valence-corrected chi connectivity index (χ4v) is 2.30. The normalized spacial score (nSPS) is 21.8. The number of nitrogens with zero attached hydrogens (tertiary/aromatic N) is 1. The topological polar surface area (TPSA) is 61.4 Å². The molecular formula is C12H25N3O2. The second-order valence-electron chi connectivity index (χ2n) is 5.03. The minimum absolute atomic E-state index is 0. The van der Waals surface area contributed by atoms with Crippen LogP contribution in [0.4, 0.5) is 4.79 Å². The number of rotatable bonds is 2. The van der Waals surface area contributed by atoms with Crippen molar-refractivity contribution < 1.29 is 12.4 Å². The molecule has 1 aliphatic heterocycles. The summed E-state index contributed by atoms with van der Waals surface area (Å²) in [5.41, 5.74) is 0. The standard InChI is InChI=1S/C12H21N3O2.2H2/c1-9(16)15-7-5-11(6-8-15)14-12(17)13-10-3-2-4-10;;/h10-11H,2-8H2,1H3,(H2,13,14,17);2*1H. The van der Waals surface area contributed by atoms with E-state index in [0.717, 1.165) is 38.8 Å². The molecule has 2 rings (SSSR count). The van der Waals surface area contributed by atoms with Crippen LogP contribution < -0.4 is 10.6 Å². The Hall–Kier alpha value is -1.26. The first-order chi connectivity index (χ1) is 8.15. The number of hydrogen-bond donors (Lipinski definition) is 2. The Bertz CT molecular complexity index is 303. The quantitative estimate of drug-likeness (QED) is 0.769. The number of likely N-dealkylation sites (tertiary alicyclic amines) is 1. The van der Waals surface area contributed by atoms with Crippen LogP contribution >= 0.6 is 0 Å². The van der Waals surface area contributed by atoms with E-state index in [-0.39, 0.29) is 20.8 Å². The number of carbonyl (C=O) groups excluding carboxylic acids is 2. The van der Waals surface area contributed by atoms with Gasteiger partial charge >= 0.3 is 6.03 Å². The van der Waals surface area contributed by atoms with Crippen molar-refractivity contribution in [3.05, 3.63) is 0 Å². The van der Waals surface area contributed by atoms with E-state index < -0.39 is 0 Å². The number of carbonyl (C=O) groups is 2. The molecule has 0 aromatic heterocycles. The Morgan fingerprint density at radius 3 is 2.00 bits per heavy atom. The van der Waals surface area contributed by atoms with Gasteiger partial charge in [-0.1, -0.05) is 0 Å². The van der Waals surface area contributed by atoms with Crippen molar-refractivity contribution >= 4 is 11.9 Å². The molecule has 0 radical (unpaired) electrons. The lowest BCUT2D eigenvalue weighted by Crippen LogP contribution is -2.51. The summed E-state index contributed by atoms with van der Waals surface area (Å²) in [5.74, 6) is 0.127. The summed E-state index contributed by atoms with van der Waals surface area (Å²) in [6, 6.07) is 0.550. The molecule has 2 fully saturated rings.